The average molecular weight is 449 g/mol. The Balaban J connectivity index is 1.54. The summed E-state index contributed by atoms with van der Waals surface area (Å²) >= 11 is 0. The number of nitrogens with two attached hydrogens (primary N) is 2. The SMILES string of the molecule is CCc1nc(/C(N)=C(\CNc2noc(C3CC3)n2)N(C)N)ccc1N1CCCC(F)(F)C1. The van der Waals surface area contributed by atoms with E-state index in [0.717, 1.165) is 24.2 Å². The molecule has 1 saturated heterocycles. The second kappa shape index (κ2) is 8.89. The minimum Gasteiger partial charge on any atom is -0.395 e. The predicted molar refractivity (Wildman–Crippen MR) is 118 cm³/mol. The van der Waals surface area contributed by atoms with E-state index in [4.69, 9.17) is 16.1 Å². The van der Waals surface area contributed by atoms with E-state index < -0.39 is 5.92 Å². The number of alkyl halides is 2. The number of aryl methyl sites for hydroxylation is 1. The van der Waals surface area contributed by atoms with Gasteiger partial charge in [0.1, 0.15) is 0 Å². The van der Waals surface area contributed by atoms with Crippen LogP contribution in [-0.4, -0.2) is 52.7 Å². The first-order chi connectivity index (χ1) is 15.3. The standard InChI is InChI=1S/C21H30F2N8O/c1-3-14-16(31-10-4-9-21(22,23)12-31)8-7-15(27-14)18(24)17(30(2)25)11-26-20-28-19(32-29-20)13-5-6-13/h7-8,13H,3-6,9-12,24-25H2,1-2H3,(H,26,29)/b18-17-. The van der Waals surface area contributed by atoms with Crippen LogP contribution in [0.25, 0.3) is 5.70 Å². The lowest BCUT2D eigenvalue weighted by atomic mass is 10.1. The van der Waals surface area contributed by atoms with Crippen LogP contribution in [0.1, 0.15) is 55.8 Å². The number of hydrazine groups is 1. The number of piperidine rings is 1. The third-order valence-electron chi connectivity index (χ3n) is 5.81. The molecule has 2 aromatic rings. The fourth-order valence-electron chi connectivity index (χ4n) is 3.89. The molecule has 2 aliphatic rings. The first-order valence-electron chi connectivity index (χ1n) is 10.9. The number of likely N-dealkylation sites (N-methyl/N-ethyl adjacent to an activating group) is 1. The molecule has 2 fully saturated rings. The van der Waals surface area contributed by atoms with Gasteiger partial charge in [-0.1, -0.05) is 6.92 Å². The number of hydrogen-bond donors (Lipinski definition) is 3. The van der Waals surface area contributed by atoms with Gasteiger partial charge in [-0.2, -0.15) is 4.98 Å². The zero-order valence-electron chi connectivity index (χ0n) is 18.4. The zero-order valence-corrected chi connectivity index (χ0v) is 18.4. The fraction of sp³-hybridized carbons (Fsp3) is 0.571. The molecule has 0 amide bonds. The average Bonchev–Trinajstić information content (AvgIpc) is 3.50. The van der Waals surface area contributed by atoms with Gasteiger partial charge in [-0.3, -0.25) is 0 Å². The minimum absolute atomic E-state index is 0.0755. The van der Waals surface area contributed by atoms with Crippen molar-refractivity contribution in [3.63, 3.8) is 0 Å². The highest BCUT2D eigenvalue weighted by atomic mass is 19.3. The monoisotopic (exact) mass is 448 g/mol. The van der Waals surface area contributed by atoms with Crippen molar-refractivity contribution in [1.29, 1.82) is 0 Å². The molecular weight excluding hydrogens is 418 g/mol. The Bertz CT molecular complexity index is 986. The van der Waals surface area contributed by atoms with Crippen LogP contribution in [0.3, 0.4) is 0 Å². The molecule has 9 nitrogen and oxygen atoms in total. The van der Waals surface area contributed by atoms with Crippen molar-refractivity contribution < 1.29 is 13.3 Å². The summed E-state index contributed by atoms with van der Waals surface area (Å²) in [5, 5.41) is 8.44. The summed E-state index contributed by atoms with van der Waals surface area (Å²) in [6, 6.07) is 3.57. The summed E-state index contributed by atoms with van der Waals surface area (Å²) < 4.78 is 33.1. The number of nitrogens with zero attached hydrogens (tertiary/aromatic N) is 5. The first kappa shape index (κ1) is 22.3. The van der Waals surface area contributed by atoms with E-state index in [2.05, 4.69) is 20.4 Å². The van der Waals surface area contributed by atoms with Gasteiger partial charge in [0.25, 0.3) is 11.9 Å². The molecule has 4 rings (SSSR count). The largest absolute Gasteiger partial charge is 0.395 e. The number of anilines is 2. The molecular formula is C21H30F2N8O. The van der Waals surface area contributed by atoms with Crippen molar-refractivity contribution in [3.8, 4) is 0 Å². The van der Waals surface area contributed by atoms with Crippen LogP contribution >= 0.6 is 0 Å². The van der Waals surface area contributed by atoms with E-state index in [1.807, 2.05) is 13.0 Å². The smallest absolute Gasteiger partial charge is 0.265 e. The molecule has 5 N–H and O–H groups in total. The second-order valence-corrected chi connectivity index (χ2v) is 8.45. The van der Waals surface area contributed by atoms with Gasteiger partial charge in [-0.05, 0) is 43.0 Å². The molecule has 3 heterocycles. The van der Waals surface area contributed by atoms with Crippen LogP contribution in [0.4, 0.5) is 20.4 Å². The second-order valence-electron chi connectivity index (χ2n) is 8.45. The highest BCUT2D eigenvalue weighted by molar-refractivity contribution is 5.66. The van der Waals surface area contributed by atoms with Gasteiger partial charge in [-0.15, -0.1) is 0 Å². The summed E-state index contributed by atoms with van der Waals surface area (Å²) in [5.41, 5.74) is 9.39. The maximum Gasteiger partial charge on any atom is 0.265 e. The lowest BCUT2D eigenvalue weighted by Crippen LogP contribution is -2.43. The van der Waals surface area contributed by atoms with Gasteiger partial charge in [-0.25, -0.2) is 19.6 Å². The molecule has 0 spiro atoms. The molecule has 11 heteroatoms. The van der Waals surface area contributed by atoms with Crippen molar-refractivity contribution in [2.75, 3.05) is 36.9 Å². The van der Waals surface area contributed by atoms with Crippen LogP contribution in [-0.2, 0) is 6.42 Å². The maximum atomic E-state index is 13.9. The van der Waals surface area contributed by atoms with Crippen molar-refractivity contribution in [3.05, 3.63) is 35.1 Å². The molecule has 0 bridgehead atoms. The Morgan fingerprint density at radius 1 is 1.34 bits per heavy atom. The van der Waals surface area contributed by atoms with Gasteiger partial charge in [0.15, 0.2) is 0 Å². The number of nitrogens with one attached hydrogen (secondary N) is 1. The lowest BCUT2D eigenvalue weighted by Gasteiger charge is -2.35. The highest BCUT2D eigenvalue weighted by Gasteiger charge is 2.36. The van der Waals surface area contributed by atoms with Gasteiger partial charge in [0.05, 0.1) is 41.6 Å². The van der Waals surface area contributed by atoms with Crippen LogP contribution in [0, 0.1) is 0 Å². The molecule has 174 valence electrons. The Morgan fingerprint density at radius 2 is 2.12 bits per heavy atom. The van der Waals surface area contributed by atoms with E-state index in [9.17, 15) is 8.78 Å². The van der Waals surface area contributed by atoms with Crippen LogP contribution in [0.5, 0.6) is 0 Å². The molecule has 2 aromatic heterocycles. The third kappa shape index (κ3) is 4.93. The molecule has 32 heavy (non-hydrogen) atoms. The van der Waals surface area contributed by atoms with E-state index in [1.54, 1.807) is 18.0 Å². The Kier molecular flexibility index (Phi) is 6.18. The Hall–Kier alpha value is -2.95. The highest BCUT2D eigenvalue weighted by Crippen LogP contribution is 2.39. The summed E-state index contributed by atoms with van der Waals surface area (Å²) in [4.78, 5) is 10.7. The number of pyridine rings is 1. The Labute approximate surface area is 185 Å². The summed E-state index contributed by atoms with van der Waals surface area (Å²) in [6.45, 7) is 2.51. The lowest BCUT2D eigenvalue weighted by molar-refractivity contribution is -0.0117. The summed E-state index contributed by atoms with van der Waals surface area (Å²) in [7, 11) is 1.68. The Morgan fingerprint density at radius 3 is 2.78 bits per heavy atom. The molecule has 0 unspecified atom stereocenters. The quantitative estimate of drug-likeness (QED) is 0.413. The van der Waals surface area contributed by atoms with Gasteiger partial charge >= 0.3 is 0 Å². The van der Waals surface area contributed by atoms with Gasteiger partial charge in [0, 0.05) is 25.9 Å². The van der Waals surface area contributed by atoms with Gasteiger partial charge in [0.2, 0.25) is 5.89 Å². The van der Waals surface area contributed by atoms with Crippen molar-refractivity contribution in [2.24, 2.45) is 11.6 Å². The third-order valence-corrected chi connectivity index (χ3v) is 5.81. The number of hydrogen-bond acceptors (Lipinski definition) is 9. The molecule has 0 radical (unpaired) electrons. The molecule has 1 aliphatic carbocycles. The van der Waals surface area contributed by atoms with E-state index >= 15 is 0 Å². The zero-order chi connectivity index (χ0) is 22.9. The number of halogens is 2. The summed E-state index contributed by atoms with van der Waals surface area (Å²) in [5.74, 6) is 4.72. The topological polar surface area (TPSA) is 122 Å². The van der Waals surface area contributed by atoms with E-state index in [1.165, 1.54) is 5.01 Å². The first-order valence-corrected chi connectivity index (χ1v) is 10.9. The van der Waals surface area contributed by atoms with Crippen LogP contribution in [0.2, 0.25) is 0 Å². The van der Waals surface area contributed by atoms with E-state index in [0.29, 0.717) is 54.2 Å². The van der Waals surface area contributed by atoms with Crippen LogP contribution in [0.15, 0.2) is 22.4 Å². The molecule has 1 aliphatic heterocycles. The predicted octanol–water partition coefficient (Wildman–Crippen LogP) is 2.68. The number of rotatable bonds is 8. The van der Waals surface area contributed by atoms with Crippen LogP contribution < -0.4 is 21.8 Å². The normalized spacial score (nSPS) is 19.0. The van der Waals surface area contributed by atoms with Gasteiger partial charge < -0.3 is 25.5 Å². The fourth-order valence-corrected chi connectivity index (χ4v) is 3.89. The minimum atomic E-state index is -2.68. The number of aromatic nitrogens is 3. The summed E-state index contributed by atoms with van der Waals surface area (Å²) in [6.07, 6.45) is 3.11. The van der Waals surface area contributed by atoms with Crippen molar-refractivity contribution in [1.82, 2.24) is 20.1 Å². The molecule has 0 aromatic carbocycles. The maximum absolute atomic E-state index is 13.9. The van der Waals surface area contributed by atoms with Crippen molar-refractivity contribution in [2.45, 2.75) is 50.9 Å². The van der Waals surface area contributed by atoms with E-state index in [-0.39, 0.29) is 19.5 Å². The van der Waals surface area contributed by atoms with Crippen molar-refractivity contribution >= 4 is 17.3 Å². The molecule has 0 atom stereocenters. The molecule has 1 saturated carbocycles.